The number of aromatic nitrogens is 7. The van der Waals surface area contributed by atoms with Crippen LogP contribution in [0.15, 0.2) is 448 Å². The molecule has 134 heavy (non-hydrogen) atoms. The summed E-state index contributed by atoms with van der Waals surface area (Å²) in [5.74, 6) is 1.71. The summed E-state index contributed by atoms with van der Waals surface area (Å²) >= 11 is 7.53. The van der Waals surface area contributed by atoms with Crippen LogP contribution in [0.5, 0.6) is 0 Å². The van der Waals surface area contributed by atoms with Gasteiger partial charge in [0.2, 0.25) is 0 Å². The molecule has 626 valence electrons. The van der Waals surface area contributed by atoms with E-state index < -0.39 is 0 Å². The molecule has 3 aliphatic heterocycles. The second-order valence-corrected chi connectivity index (χ2v) is 38.4. The SMILES string of the molecule is c1ccc(B2c3sc4ccccc4c3N(c3ccc4oc5ccncc5c4c3)c3c2n(-c2ccccc2)c2ccccc32)cc1.c1ccc(B2c3sc4ccccc4c3N(c3cnc(-c4ccccc4)nc3)c3c2n(-c2ccccc2)c2ccccc32)cc1.c1ccc(B2c3sc4ccccc4c3N(c3nccc4c3sc3ccccc34)c3c2n(-c2ccccc2)c2ccccc32)cc1. The van der Waals surface area contributed by atoms with Crippen molar-refractivity contribution in [1.82, 2.24) is 33.6 Å². The molecule has 14 heterocycles. The van der Waals surface area contributed by atoms with E-state index in [1.807, 2.05) is 94.4 Å². The highest BCUT2D eigenvalue weighted by Gasteiger charge is 2.47. The summed E-state index contributed by atoms with van der Waals surface area (Å²) in [6, 6.07) is 148. The molecule has 26 aromatic rings. The number of nitrogens with zero attached hydrogens (tertiary/aromatic N) is 10. The normalized spacial score (nSPS) is 12.7. The van der Waals surface area contributed by atoms with Gasteiger partial charge in [-0.1, -0.05) is 320 Å². The molecule has 0 radical (unpaired) electrons. The Morgan fingerprint density at radius 2 is 0.597 bits per heavy atom. The fourth-order valence-corrected chi connectivity index (χ4v) is 26.4. The molecule has 0 fully saturated rings. The molecule has 29 rings (SSSR count). The number of para-hydroxylation sites is 6. The molecule has 0 atom stereocenters. The molecule has 0 bridgehead atoms. The zero-order valence-electron chi connectivity index (χ0n) is 71.9. The zero-order chi connectivity index (χ0) is 88.0. The van der Waals surface area contributed by atoms with Crippen LogP contribution in [0, 0.1) is 0 Å². The van der Waals surface area contributed by atoms with Crippen molar-refractivity contribution in [3.05, 3.63) is 443 Å². The monoisotopic (exact) mass is 1780 g/mol. The van der Waals surface area contributed by atoms with Crippen molar-refractivity contribution in [2.24, 2.45) is 0 Å². The Balaban J connectivity index is 0.000000102. The highest BCUT2D eigenvalue weighted by molar-refractivity contribution is 7.35. The van der Waals surface area contributed by atoms with E-state index in [0.29, 0.717) is 0 Å². The maximum Gasteiger partial charge on any atom is 0.280 e. The molecule has 3 aliphatic rings. The van der Waals surface area contributed by atoms with Gasteiger partial charge in [-0.2, -0.15) is 0 Å². The number of pyridine rings is 2. The molecular formula is C116H73B3N10OS4. The molecule has 11 nitrogen and oxygen atoms in total. The van der Waals surface area contributed by atoms with Crippen molar-refractivity contribution in [3.63, 3.8) is 0 Å². The van der Waals surface area contributed by atoms with Gasteiger partial charge in [-0.25, -0.2) is 15.0 Å². The minimum absolute atomic E-state index is 0.0342. The highest BCUT2D eigenvalue weighted by Crippen LogP contribution is 2.53. The Morgan fingerprint density at radius 1 is 0.239 bits per heavy atom. The fourth-order valence-electron chi connectivity index (χ4n) is 21.2. The van der Waals surface area contributed by atoms with E-state index in [-0.39, 0.29) is 20.1 Å². The van der Waals surface area contributed by atoms with E-state index >= 15 is 0 Å². The molecule has 0 spiro atoms. The van der Waals surface area contributed by atoms with Gasteiger partial charge in [-0.05, 0) is 109 Å². The largest absolute Gasteiger partial charge is 0.456 e. The second-order valence-electron chi connectivity index (χ2n) is 34.1. The average Bonchev–Trinajstić information content (AvgIpc) is 1.54. The molecule has 18 heteroatoms. The third-order valence-corrected chi connectivity index (χ3v) is 31.6. The van der Waals surface area contributed by atoms with Gasteiger partial charge >= 0.3 is 0 Å². The molecule has 0 saturated carbocycles. The summed E-state index contributed by atoms with van der Waals surface area (Å²) in [4.78, 5) is 26.9. The Morgan fingerprint density at radius 3 is 1.04 bits per heavy atom. The van der Waals surface area contributed by atoms with Crippen LogP contribution >= 0.6 is 45.3 Å². The molecule has 0 aliphatic carbocycles. The van der Waals surface area contributed by atoms with Gasteiger partial charge in [0.05, 0.1) is 73.5 Å². The van der Waals surface area contributed by atoms with Gasteiger partial charge in [0, 0.05) is 151 Å². The van der Waals surface area contributed by atoms with E-state index in [0.717, 1.165) is 67.6 Å². The van der Waals surface area contributed by atoms with Crippen LogP contribution in [0.4, 0.5) is 51.3 Å². The number of rotatable bonds is 10. The van der Waals surface area contributed by atoms with Crippen molar-refractivity contribution in [2.45, 2.75) is 0 Å². The van der Waals surface area contributed by atoms with E-state index in [4.69, 9.17) is 19.4 Å². The van der Waals surface area contributed by atoms with E-state index in [9.17, 15) is 0 Å². The predicted molar refractivity (Wildman–Crippen MR) is 570 cm³/mol. The second kappa shape index (κ2) is 31.8. The van der Waals surface area contributed by atoms with Crippen molar-refractivity contribution in [1.29, 1.82) is 0 Å². The van der Waals surface area contributed by atoms with Crippen LogP contribution < -0.4 is 62.2 Å². The molecular weight excluding hydrogens is 1710 g/mol. The van der Waals surface area contributed by atoms with Crippen molar-refractivity contribution in [2.75, 3.05) is 14.7 Å². The zero-order valence-corrected chi connectivity index (χ0v) is 75.2. The lowest BCUT2D eigenvalue weighted by Crippen LogP contribution is -2.58. The number of hydrogen-bond donors (Lipinski definition) is 0. The van der Waals surface area contributed by atoms with Crippen LogP contribution in [-0.4, -0.2) is 53.8 Å². The smallest absolute Gasteiger partial charge is 0.280 e. The molecule has 0 N–H and O–H groups in total. The summed E-state index contributed by atoms with van der Waals surface area (Å²) in [6.07, 6.45) is 9.64. The number of anilines is 9. The Kier molecular flexibility index (Phi) is 18.5. The summed E-state index contributed by atoms with van der Waals surface area (Å²) in [5, 5.41) is 12.0. The van der Waals surface area contributed by atoms with Gasteiger partial charge in [0.25, 0.3) is 20.1 Å². The van der Waals surface area contributed by atoms with Crippen LogP contribution in [0.1, 0.15) is 0 Å². The van der Waals surface area contributed by atoms with Crippen LogP contribution in [-0.2, 0) is 0 Å². The van der Waals surface area contributed by atoms with E-state index in [2.05, 4.69) is 422 Å². The predicted octanol–water partition coefficient (Wildman–Crippen LogP) is 24.9. The Labute approximate surface area is 787 Å². The van der Waals surface area contributed by atoms with Crippen molar-refractivity contribution >= 4 is 269 Å². The molecule has 0 saturated heterocycles. The third-order valence-electron chi connectivity index (χ3n) is 26.8. The quantitative estimate of drug-likeness (QED) is 0.125. The lowest BCUT2D eigenvalue weighted by molar-refractivity contribution is 0.668. The van der Waals surface area contributed by atoms with Crippen LogP contribution in [0.25, 0.3) is 134 Å². The number of furan rings is 1. The topological polar surface area (TPSA) is 89.2 Å². The lowest BCUT2D eigenvalue weighted by atomic mass is 9.39. The molecule has 11 aromatic heterocycles. The summed E-state index contributed by atoms with van der Waals surface area (Å²) in [5.41, 5.74) is 26.7. The maximum atomic E-state index is 6.24. The van der Waals surface area contributed by atoms with E-state index in [1.165, 1.54) is 165 Å². The lowest BCUT2D eigenvalue weighted by Gasteiger charge is -2.34. The summed E-state index contributed by atoms with van der Waals surface area (Å²) < 4.78 is 24.0. The van der Waals surface area contributed by atoms with Gasteiger partial charge in [-0.15, -0.1) is 45.3 Å². The van der Waals surface area contributed by atoms with Crippen LogP contribution in [0.3, 0.4) is 0 Å². The molecule has 0 amide bonds. The minimum Gasteiger partial charge on any atom is -0.456 e. The number of hydrogen-bond acceptors (Lipinski definition) is 12. The fraction of sp³-hybridized carbons (Fsp3) is 0. The summed E-state index contributed by atoms with van der Waals surface area (Å²) in [7, 11) is 0. The summed E-state index contributed by atoms with van der Waals surface area (Å²) in [6.45, 7) is 0.117. The van der Waals surface area contributed by atoms with Gasteiger partial charge in [0.15, 0.2) is 11.6 Å². The van der Waals surface area contributed by atoms with Gasteiger partial charge in [-0.3, -0.25) is 9.88 Å². The Hall–Kier alpha value is -16.2. The highest BCUT2D eigenvalue weighted by atomic mass is 32.1. The standard InChI is InChI=1S/C39H24BN3OS.C39H24BN3S2.C38H25BN4S/c1-3-11-25(12-4-1)40-38-36(28-15-7-9-17-32(28)42(38)26-13-5-2-6-14-26)43(37-29-16-8-10-18-35(29)45-39(37)40)27-19-20-33-30(23-27)31-24-41-22-21-34(31)44-33;1-3-13-25(14-4-1)40-37-34(29-18-7-10-20-31(29)42(37)26-15-5-2-6-16-26)43(35-30-19-9-12-22-33(30)45-38(35)40)39-36-28(23-24-41-39)27-17-8-11-21-32(27)44-36;1-4-14-26(15-5-1)38-40-24-29(25-41-38)43-34-30-20-10-12-22-32(30)42(28-18-8-3-9-19-28)36(34)39(27-16-6-2-7-17-27)37-35(43)31-21-11-13-23-33(31)44-37/h2*1-24H;1-25H. The number of fused-ring (bicyclic) bond motifs is 24. The minimum atomic E-state index is 0.0342. The first-order valence-corrected chi connectivity index (χ1v) is 48.4. The van der Waals surface area contributed by atoms with Crippen molar-refractivity contribution < 1.29 is 4.42 Å². The van der Waals surface area contributed by atoms with Gasteiger partial charge < -0.3 is 27.9 Å². The van der Waals surface area contributed by atoms with Crippen molar-refractivity contribution in [3.8, 4) is 28.5 Å². The number of benzene rings is 15. The molecule has 0 unspecified atom stereocenters. The first-order chi connectivity index (χ1) is 66.6. The van der Waals surface area contributed by atoms with Gasteiger partial charge in [0.1, 0.15) is 11.2 Å². The Bertz CT molecular complexity index is 9070. The number of thiophene rings is 4. The maximum absolute atomic E-state index is 6.24. The first kappa shape index (κ1) is 77.7. The van der Waals surface area contributed by atoms with E-state index in [1.54, 1.807) is 6.20 Å². The first-order valence-electron chi connectivity index (χ1n) is 45.1. The average molecular weight is 1780 g/mol. The molecule has 15 aromatic carbocycles. The third kappa shape index (κ3) is 12.3. The van der Waals surface area contributed by atoms with Crippen LogP contribution in [0.2, 0.25) is 0 Å².